The topological polar surface area (TPSA) is 68.3 Å². The molecule has 1 amide bonds. The number of aromatic nitrogens is 2. The molecule has 4 heterocycles. The van der Waals surface area contributed by atoms with E-state index in [9.17, 15) is 9.59 Å². The second-order valence-corrected chi connectivity index (χ2v) is 8.73. The molecule has 0 N–H and O–H groups in total. The van der Waals surface area contributed by atoms with E-state index in [2.05, 4.69) is 5.10 Å². The third-order valence-corrected chi connectivity index (χ3v) is 6.41. The van der Waals surface area contributed by atoms with Crippen molar-refractivity contribution < 1.29 is 9.21 Å². The Balaban J connectivity index is 1.53. The van der Waals surface area contributed by atoms with Gasteiger partial charge in [-0.05, 0) is 34.3 Å². The van der Waals surface area contributed by atoms with E-state index in [0.29, 0.717) is 13.1 Å². The highest BCUT2D eigenvalue weighted by Crippen LogP contribution is 2.21. The Labute approximate surface area is 166 Å². The number of carbonyl (C=O) groups excluding carboxylic acids is 1. The van der Waals surface area contributed by atoms with E-state index in [1.54, 1.807) is 27.6 Å². The predicted molar refractivity (Wildman–Crippen MR) is 107 cm³/mol. The predicted octanol–water partition coefficient (Wildman–Crippen LogP) is 3.92. The lowest BCUT2D eigenvalue weighted by atomic mass is 10.3. The highest BCUT2D eigenvalue weighted by atomic mass is 32.1. The van der Waals surface area contributed by atoms with Gasteiger partial charge in [0.1, 0.15) is 6.54 Å². The summed E-state index contributed by atoms with van der Waals surface area (Å²) in [6, 6.07) is 11.6. The molecule has 4 rings (SSSR count). The van der Waals surface area contributed by atoms with E-state index < -0.39 is 5.76 Å². The van der Waals surface area contributed by atoms with E-state index in [4.69, 9.17) is 4.42 Å². The highest BCUT2D eigenvalue weighted by molar-refractivity contribution is 7.13. The van der Waals surface area contributed by atoms with Crippen LogP contribution in [-0.4, -0.2) is 20.6 Å². The molecule has 0 aliphatic carbocycles. The largest absolute Gasteiger partial charge is 0.437 e. The van der Waals surface area contributed by atoms with Gasteiger partial charge < -0.3 is 9.32 Å². The van der Waals surface area contributed by atoms with Crippen molar-refractivity contribution in [1.29, 1.82) is 0 Å². The number of thiophene rings is 3. The first-order valence-corrected chi connectivity index (χ1v) is 10.8. The van der Waals surface area contributed by atoms with E-state index in [0.717, 1.165) is 19.3 Å². The third kappa shape index (κ3) is 4.26. The van der Waals surface area contributed by atoms with Crippen LogP contribution < -0.4 is 5.76 Å². The van der Waals surface area contributed by atoms with E-state index >= 15 is 0 Å². The van der Waals surface area contributed by atoms with Gasteiger partial charge in [0.05, 0.1) is 18.0 Å². The molecule has 0 spiro atoms. The summed E-state index contributed by atoms with van der Waals surface area (Å²) in [4.78, 5) is 29.7. The Morgan fingerprint density at radius 1 is 1.00 bits per heavy atom. The summed E-state index contributed by atoms with van der Waals surface area (Å²) in [5.74, 6) is -0.560. The van der Waals surface area contributed by atoms with Crippen molar-refractivity contribution in [3.63, 3.8) is 0 Å². The summed E-state index contributed by atoms with van der Waals surface area (Å²) in [5, 5.41) is 10.0. The molecule has 138 valence electrons. The fourth-order valence-electron chi connectivity index (χ4n) is 2.55. The molecule has 0 fully saturated rings. The zero-order chi connectivity index (χ0) is 18.6. The molecule has 6 nitrogen and oxygen atoms in total. The first-order valence-electron chi connectivity index (χ1n) is 8.13. The average Bonchev–Trinajstić information content (AvgIpc) is 3.44. The van der Waals surface area contributed by atoms with Crippen LogP contribution in [0.4, 0.5) is 0 Å². The van der Waals surface area contributed by atoms with Gasteiger partial charge in [0.25, 0.3) is 5.89 Å². The van der Waals surface area contributed by atoms with Crippen LogP contribution in [0, 0.1) is 0 Å². The molecule has 0 aliphatic heterocycles. The molecule has 4 aromatic heterocycles. The van der Waals surface area contributed by atoms with Crippen LogP contribution >= 0.6 is 34.0 Å². The number of hydrogen-bond acceptors (Lipinski definition) is 7. The van der Waals surface area contributed by atoms with E-state index in [1.165, 1.54) is 11.3 Å². The van der Waals surface area contributed by atoms with Crippen molar-refractivity contribution in [2.24, 2.45) is 0 Å². The summed E-state index contributed by atoms with van der Waals surface area (Å²) in [6.45, 7) is 0.849. The fourth-order valence-corrected chi connectivity index (χ4v) is 4.63. The Hall–Kier alpha value is -2.49. The van der Waals surface area contributed by atoms with Crippen molar-refractivity contribution in [1.82, 2.24) is 14.7 Å². The number of carbonyl (C=O) groups is 1. The lowest BCUT2D eigenvalue weighted by molar-refractivity contribution is -0.133. The number of hydrogen-bond donors (Lipinski definition) is 0. The van der Waals surface area contributed by atoms with Crippen molar-refractivity contribution in [2.45, 2.75) is 19.6 Å². The lowest BCUT2D eigenvalue weighted by Gasteiger charge is -2.21. The molecule has 0 saturated heterocycles. The maximum atomic E-state index is 12.9. The number of amides is 1. The SMILES string of the molecule is O=C(Cn1nc(-c2cccs2)oc1=O)N(Cc1cccs1)Cc1cccs1. The van der Waals surface area contributed by atoms with Gasteiger partial charge in [0.2, 0.25) is 5.91 Å². The molecule has 4 aromatic rings. The van der Waals surface area contributed by atoms with E-state index in [-0.39, 0.29) is 18.3 Å². The molecule has 0 saturated carbocycles. The van der Waals surface area contributed by atoms with E-state index in [1.807, 2.05) is 52.5 Å². The average molecular weight is 418 g/mol. The molecular formula is C18H15N3O3S3. The fraction of sp³-hybridized carbons (Fsp3) is 0.167. The second-order valence-electron chi connectivity index (χ2n) is 5.72. The molecule has 0 aromatic carbocycles. The second kappa shape index (κ2) is 8.03. The van der Waals surface area contributed by atoms with Gasteiger partial charge in [-0.1, -0.05) is 18.2 Å². The van der Waals surface area contributed by atoms with Gasteiger partial charge in [-0.15, -0.1) is 39.1 Å². The van der Waals surface area contributed by atoms with Crippen LogP contribution in [-0.2, 0) is 24.4 Å². The van der Waals surface area contributed by atoms with Crippen molar-refractivity contribution in [3.8, 4) is 10.8 Å². The van der Waals surface area contributed by atoms with Crippen molar-refractivity contribution in [3.05, 3.63) is 72.8 Å². The molecule has 0 unspecified atom stereocenters. The Morgan fingerprint density at radius 2 is 1.63 bits per heavy atom. The van der Waals surface area contributed by atoms with Crippen LogP contribution in [0.5, 0.6) is 0 Å². The van der Waals surface area contributed by atoms with Crippen LogP contribution in [0.2, 0.25) is 0 Å². The summed E-state index contributed by atoms with van der Waals surface area (Å²) >= 11 is 4.63. The monoisotopic (exact) mass is 417 g/mol. The number of nitrogens with zero attached hydrogens (tertiary/aromatic N) is 3. The molecule has 27 heavy (non-hydrogen) atoms. The summed E-state index contributed by atoms with van der Waals surface area (Å²) in [5.41, 5.74) is 0. The smallest absolute Gasteiger partial charge is 0.387 e. The molecule has 0 radical (unpaired) electrons. The van der Waals surface area contributed by atoms with Gasteiger partial charge in [-0.2, -0.15) is 4.68 Å². The van der Waals surface area contributed by atoms with Crippen molar-refractivity contribution >= 4 is 39.9 Å². The first-order chi connectivity index (χ1) is 13.2. The van der Waals surface area contributed by atoms with Gasteiger partial charge >= 0.3 is 5.76 Å². The van der Waals surface area contributed by atoms with Crippen LogP contribution in [0.1, 0.15) is 9.75 Å². The van der Waals surface area contributed by atoms with Gasteiger partial charge in [-0.25, -0.2) is 4.79 Å². The van der Waals surface area contributed by atoms with Crippen LogP contribution in [0.25, 0.3) is 10.8 Å². The quantitative estimate of drug-likeness (QED) is 0.457. The highest BCUT2D eigenvalue weighted by Gasteiger charge is 2.20. The normalized spacial score (nSPS) is 11.0. The van der Waals surface area contributed by atoms with Gasteiger partial charge in [0, 0.05) is 9.75 Å². The Bertz CT molecular complexity index is 1010. The van der Waals surface area contributed by atoms with Crippen LogP contribution in [0.15, 0.2) is 61.8 Å². The van der Waals surface area contributed by atoms with Crippen LogP contribution in [0.3, 0.4) is 0 Å². The molecule has 9 heteroatoms. The lowest BCUT2D eigenvalue weighted by Crippen LogP contribution is -2.35. The first kappa shape index (κ1) is 17.9. The minimum atomic E-state index is -0.626. The Kier molecular flexibility index (Phi) is 5.33. The zero-order valence-corrected chi connectivity index (χ0v) is 16.6. The third-order valence-electron chi connectivity index (χ3n) is 3.83. The molecule has 0 atom stereocenters. The standard InChI is InChI=1S/C18H15N3O3S3/c22-16(12-21-18(23)24-17(19-21)15-6-3-9-27-15)20(10-13-4-1-7-25-13)11-14-5-2-8-26-14/h1-9H,10-12H2. The summed E-state index contributed by atoms with van der Waals surface area (Å²) in [7, 11) is 0. The minimum absolute atomic E-state index is 0.148. The van der Waals surface area contributed by atoms with Gasteiger partial charge in [0.15, 0.2) is 0 Å². The molecule has 0 bridgehead atoms. The van der Waals surface area contributed by atoms with Gasteiger partial charge in [-0.3, -0.25) is 4.79 Å². The molecular weight excluding hydrogens is 402 g/mol. The summed E-state index contributed by atoms with van der Waals surface area (Å²) < 4.78 is 6.28. The summed E-state index contributed by atoms with van der Waals surface area (Å²) in [6.07, 6.45) is 0. The molecule has 0 aliphatic rings. The maximum absolute atomic E-state index is 12.9. The number of rotatable bonds is 7. The maximum Gasteiger partial charge on any atom is 0.437 e. The van der Waals surface area contributed by atoms with Crippen molar-refractivity contribution in [2.75, 3.05) is 0 Å². The Morgan fingerprint density at radius 3 is 2.19 bits per heavy atom. The zero-order valence-electron chi connectivity index (χ0n) is 14.1. The minimum Gasteiger partial charge on any atom is -0.387 e.